The van der Waals surface area contributed by atoms with E-state index in [9.17, 15) is 9.18 Å². The molecule has 0 fully saturated rings. The Hall–Kier alpha value is -0.910. The summed E-state index contributed by atoms with van der Waals surface area (Å²) in [4.78, 5) is 10.2. The lowest BCUT2D eigenvalue weighted by atomic mass is 10.1. The normalized spacial score (nSPS) is 10.8. The molecule has 2 nitrogen and oxygen atoms in total. The van der Waals surface area contributed by atoms with Gasteiger partial charge in [0.05, 0.1) is 0 Å². The predicted molar refractivity (Wildman–Crippen MR) is 60.5 cm³/mol. The maximum atomic E-state index is 13.2. The van der Waals surface area contributed by atoms with Crippen molar-refractivity contribution in [2.45, 2.75) is 6.92 Å². The molecule has 74 valence electrons. The van der Waals surface area contributed by atoms with Gasteiger partial charge in [-0.1, -0.05) is 0 Å². The minimum absolute atomic E-state index is 0.318. The average Bonchev–Trinajstić information content (AvgIpc) is 2.10. The van der Waals surface area contributed by atoms with Crippen molar-refractivity contribution in [3.05, 3.63) is 38.7 Å². The van der Waals surface area contributed by atoms with E-state index in [1.165, 1.54) is 12.1 Å². The fraction of sp³-hybridized carbons (Fsp3) is 0.100. The molecule has 0 aromatic heterocycles. The van der Waals surface area contributed by atoms with Crippen LogP contribution in [-0.2, 0) is 4.79 Å². The van der Waals surface area contributed by atoms with Crippen molar-refractivity contribution in [2.24, 2.45) is 0 Å². The zero-order chi connectivity index (χ0) is 10.7. The number of carbonyl (C=O) groups is 1. The molecule has 0 aliphatic heterocycles. The summed E-state index contributed by atoms with van der Waals surface area (Å²) >= 11 is 2.01. The maximum Gasteiger partial charge on any atom is 0.328 e. The number of aliphatic carboxylic acids is 1. The molecule has 0 amide bonds. The number of rotatable bonds is 2. The van der Waals surface area contributed by atoms with Gasteiger partial charge in [-0.15, -0.1) is 0 Å². The van der Waals surface area contributed by atoms with E-state index in [4.69, 9.17) is 5.11 Å². The largest absolute Gasteiger partial charge is 0.478 e. The van der Waals surface area contributed by atoms with Crippen molar-refractivity contribution in [1.82, 2.24) is 0 Å². The molecule has 1 rings (SSSR count). The average molecular weight is 306 g/mol. The number of carboxylic acids is 1. The van der Waals surface area contributed by atoms with Gasteiger partial charge in [-0.25, -0.2) is 9.18 Å². The van der Waals surface area contributed by atoms with Crippen LogP contribution in [0.25, 0.3) is 6.08 Å². The molecule has 0 unspecified atom stereocenters. The third-order valence-electron chi connectivity index (χ3n) is 1.72. The topological polar surface area (TPSA) is 37.3 Å². The molecule has 0 aliphatic rings. The molecule has 0 spiro atoms. The molecule has 1 N–H and O–H groups in total. The molecular formula is C10H8FIO2. The molecule has 0 radical (unpaired) electrons. The molecule has 14 heavy (non-hydrogen) atoms. The predicted octanol–water partition coefficient (Wildman–Crippen LogP) is 2.84. The molecule has 1 aromatic rings. The molecular weight excluding hydrogens is 298 g/mol. The van der Waals surface area contributed by atoms with Crippen LogP contribution in [0.1, 0.15) is 11.1 Å². The first-order chi connectivity index (χ1) is 6.50. The summed E-state index contributed by atoms with van der Waals surface area (Å²) in [5.74, 6) is -1.36. The van der Waals surface area contributed by atoms with Crippen LogP contribution in [0.4, 0.5) is 4.39 Å². The van der Waals surface area contributed by atoms with Crippen molar-refractivity contribution in [3.63, 3.8) is 0 Å². The molecule has 0 saturated carbocycles. The van der Waals surface area contributed by atoms with Gasteiger partial charge in [-0.05, 0) is 58.9 Å². The van der Waals surface area contributed by atoms with Gasteiger partial charge in [0.1, 0.15) is 5.82 Å². The smallest absolute Gasteiger partial charge is 0.328 e. The van der Waals surface area contributed by atoms with E-state index in [0.29, 0.717) is 11.1 Å². The molecule has 4 heteroatoms. The third kappa shape index (κ3) is 2.80. The number of halogens is 2. The van der Waals surface area contributed by atoms with Gasteiger partial charge in [0, 0.05) is 9.65 Å². The Bertz CT molecular complexity index is 376. The molecule has 0 heterocycles. The summed E-state index contributed by atoms with van der Waals surface area (Å²) < 4.78 is 14.0. The van der Waals surface area contributed by atoms with Gasteiger partial charge in [0.15, 0.2) is 0 Å². The van der Waals surface area contributed by atoms with Crippen LogP contribution in [-0.4, -0.2) is 11.1 Å². The standard InChI is InChI=1S/C10H8FIO2/c1-6-8(11)4-7(5-9(6)12)2-3-10(13)14/h2-5H,1H3,(H,13,14). The highest BCUT2D eigenvalue weighted by Crippen LogP contribution is 2.18. The number of hydrogen-bond donors (Lipinski definition) is 1. The second-order valence-corrected chi connectivity index (χ2v) is 3.94. The van der Waals surface area contributed by atoms with E-state index < -0.39 is 5.97 Å². The first-order valence-electron chi connectivity index (χ1n) is 3.87. The SMILES string of the molecule is Cc1c(F)cc(C=CC(=O)O)cc1I. The fourth-order valence-electron chi connectivity index (χ4n) is 0.929. The van der Waals surface area contributed by atoms with E-state index >= 15 is 0 Å². The second kappa shape index (κ2) is 4.54. The zero-order valence-electron chi connectivity index (χ0n) is 7.42. The maximum absolute atomic E-state index is 13.2. The molecule has 0 aliphatic carbocycles. The van der Waals surface area contributed by atoms with Gasteiger partial charge < -0.3 is 5.11 Å². The summed E-state index contributed by atoms with van der Waals surface area (Å²) in [6, 6.07) is 3.05. The van der Waals surface area contributed by atoms with Crippen LogP contribution in [0.3, 0.4) is 0 Å². The quantitative estimate of drug-likeness (QED) is 0.674. The minimum Gasteiger partial charge on any atom is -0.478 e. The molecule has 0 saturated heterocycles. The number of benzene rings is 1. The fourth-order valence-corrected chi connectivity index (χ4v) is 1.55. The van der Waals surface area contributed by atoms with Gasteiger partial charge in [-0.3, -0.25) is 0 Å². The highest BCUT2D eigenvalue weighted by Gasteiger charge is 2.03. The Morgan fingerprint density at radius 2 is 2.21 bits per heavy atom. The number of hydrogen-bond acceptors (Lipinski definition) is 1. The first kappa shape index (κ1) is 11.2. The summed E-state index contributed by atoms with van der Waals surface area (Å²) in [6.45, 7) is 1.68. The summed E-state index contributed by atoms with van der Waals surface area (Å²) in [5.41, 5.74) is 1.14. The Labute approximate surface area is 94.6 Å². The van der Waals surface area contributed by atoms with Crippen molar-refractivity contribution in [1.29, 1.82) is 0 Å². The second-order valence-electron chi connectivity index (χ2n) is 2.78. The zero-order valence-corrected chi connectivity index (χ0v) is 9.58. The van der Waals surface area contributed by atoms with Crippen LogP contribution >= 0.6 is 22.6 Å². The summed E-state index contributed by atoms with van der Waals surface area (Å²) in [6.07, 6.45) is 2.35. The van der Waals surface area contributed by atoms with Crippen molar-refractivity contribution in [3.8, 4) is 0 Å². The van der Waals surface area contributed by atoms with Gasteiger partial charge in [0.2, 0.25) is 0 Å². The monoisotopic (exact) mass is 306 g/mol. The first-order valence-corrected chi connectivity index (χ1v) is 4.95. The molecule has 0 bridgehead atoms. The van der Waals surface area contributed by atoms with Crippen LogP contribution in [0, 0.1) is 16.3 Å². The Kier molecular flexibility index (Phi) is 3.62. The third-order valence-corrected chi connectivity index (χ3v) is 2.84. The van der Waals surface area contributed by atoms with Gasteiger partial charge in [-0.2, -0.15) is 0 Å². The van der Waals surface area contributed by atoms with E-state index in [1.807, 2.05) is 22.6 Å². The van der Waals surface area contributed by atoms with Crippen molar-refractivity contribution >= 4 is 34.6 Å². The van der Waals surface area contributed by atoms with E-state index in [2.05, 4.69) is 0 Å². The van der Waals surface area contributed by atoms with Crippen molar-refractivity contribution in [2.75, 3.05) is 0 Å². The van der Waals surface area contributed by atoms with Crippen molar-refractivity contribution < 1.29 is 14.3 Å². The Morgan fingerprint density at radius 1 is 1.57 bits per heavy atom. The van der Waals surface area contributed by atoms with Gasteiger partial charge in [0.25, 0.3) is 0 Å². The van der Waals surface area contributed by atoms with E-state index in [0.717, 1.165) is 9.65 Å². The molecule has 0 atom stereocenters. The highest BCUT2D eigenvalue weighted by molar-refractivity contribution is 14.1. The van der Waals surface area contributed by atoms with E-state index in [-0.39, 0.29) is 5.82 Å². The van der Waals surface area contributed by atoms with Crippen LogP contribution in [0.2, 0.25) is 0 Å². The summed E-state index contributed by atoms with van der Waals surface area (Å²) in [5, 5.41) is 8.39. The minimum atomic E-state index is -1.04. The summed E-state index contributed by atoms with van der Waals surface area (Å²) in [7, 11) is 0. The van der Waals surface area contributed by atoms with E-state index in [1.54, 1.807) is 13.0 Å². The lowest BCUT2D eigenvalue weighted by Crippen LogP contribution is -1.90. The Balaban J connectivity index is 3.07. The van der Waals surface area contributed by atoms with Crippen LogP contribution in [0.15, 0.2) is 18.2 Å². The Morgan fingerprint density at radius 3 is 2.71 bits per heavy atom. The molecule has 1 aromatic carbocycles. The number of carboxylic acid groups (broad SMARTS) is 1. The highest BCUT2D eigenvalue weighted by atomic mass is 127. The lowest BCUT2D eigenvalue weighted by Gasteiger charge is -2.01. The van der Waals surface area contributed by atoms with Gasteiger partial charge >= 0.3 is 5.97 Å². The lowest BCUT2D eigenvalue weighted by molar-refractivity contribution is -0.131. The van der Waals surface area contributed by atoms with Crippen LogP contribution < -0.4 is 0 Å². The van der Waals surface area contributed by atoms with Crippen LogP contribution in [0.5, 0.6) is 0 Å².